The summed E-state index contributed by atoms with van der Waals surface area (Å²) in [5.74, 6) is 1.63. The maximum Gasteiger partial charge on any atom is 0.0201 e. The Morgan fingerprint density at radius 1 is 1.10 bits per heavy atom. The summed E-state index contributed by atoms with van der Waals surface area (Å²) in [6.07, 6.45) is 7.07. The molecule has 1 saturated carbocycles. The van der Waals surface area contributed by atoms with Crippen LogP contribution in [-0.2, 0) is 0 Å². The third-order valence-electron chi connectivity index (χ3n) is 5.35. The van der Waals surface area contributed by atoms with Crippen LogP contribution in [0.1, 0.15) is 49.1 Å². The molecule has 2 heteroatoms. The van der Waals surface area contributed by atoms with E-state index in [2.05, 4.69) is 48.5 Å². The van der Waals surface area contributed by atoms with E-state index < -0.39 is 0 Å². The largest absolute Gasteiger partial charge is 0.312 e. The Morgan fingerprint density at radius 2 is 1.81 bits per heavy atom. The molecule has 1 aliphatic heterocycles. The Balaban J connectivity index is 1.57. The first-order chi connectivity index (χ1) is 10.2. The summed E-state index contributed by atoms with van der Waals surface area (Å²) in [5, 5.41) is 3.86. The normalized spacial score (nSPS) is 28.1. The second-order valence-electron chi connectivity index (χ2n) is 7.32. The predicted octanol–water partition coefficient (Wildman–Crippen LogP) is 3.56. The molecule has 0 amide bonds. The first kappa shape index (κ1) is 15.1. The van der Waals surface area contributed by atoms with Crippen molar-refractivity contribution in [3.8, 4) is 0 Å². The van der Waals surface area contributed by atoms with Gasteiger partial charge in [0, 0.05) is 19.1 Å². The number of rotatable bonds is 4. The maximum absolute atomic E-state index is 3.86. The number of nitrogens with one attached hydrogen (secondary N) is 1. The summed E-state index contributed by atoms with van der Waals surface area (Å²) in [5.41, 5.74) is 2.87. The molecular formula is C19H30N2. The first-order valence-electron chi connectivity index (χ1n) is 8.69. The van der Waals surface area contributed by atoms with Gasteiger partial charge >= 0.3 is 0 Å². The molecule has 0 radical (unpaired) electrons. The van der Waals surface area contributed by atoms with Gasteiger partial charge in [0.25, 0.3) is 0 Å². The number of aryl methyl sites for hydroxylation is 1. The summed E-state index contributed by atoms with van der Waals surface area (Å²) in [4.78, 5) is 2.50. The highest BCUT2D eigenvalue weighted by molar-refractivity contribution is 5.25. The van der Waals surface area contributed by atoms with E-state index in [4.69, 9.17) is 0 Å². The van der Waals surface area contributed by atoms with Gasteiger partial charge in [-0.1, -0.05) is 42.7 Å². The van der Waals surface area contributed by atoms with E-state index in [1.807, 2.05) is 0 Å². The molecule has 116 valence electrons. The van der Waals surface area contributed by atoms with Crippen LogP contribution in [0.5, 0.6) is 0 Å². The van der Waals surface area contributed by atoms with Crippen molar-refractivity contribution in [2.24, 2.45) is 5.92 Å². The molecule has 2 fully saturated rings. The second-order valence-corrected chi connectivity index (χ2v) is 7.32. The molecule has 0 aromatic heterocycles. The summed E-state index contributed by atoms with van der Waals surface area (Å²) < 4.78 is 0. The SMILES string of the molecule is Cc1ccc(C2CC(NCC3CCCC3)CN(C)C2)cc1. The summed E-state index contributed by atoms with van der Waals surface area (Å²) in [6, 6.07) is 9.83. The van der Waals surface area contributed by atoms with Crippen LogP contribution in [0, 0.1) is 12.8 Å². The molecule has 1 aromatic rings. The number of likely N-dealkylation sites (tertiary alicyclic amines) is 1. The van der Waals surface area contributed by atoms with Crippen molar-refractivity contribution in [1.29, 1.82) is 0 Å². The molecule has 2 nitrogen and oxygen atoms in total. The molecule has 2 unspecified atom stereocenters. The summed E-state index contributed by atoms with van der Waals surface area (Å²) >= 11 is 0. The van der Waals surface area contributed by atoms with Crippen LogP contribution in [-0.4, -0.2) is 37.6 Å². The molecule has 1 N–H and O–H groups in total. The van der Waals surface area contributed by atoms with Crippen molar-refractivity contribution >= 4 is 0 Å². The van der Waals surface area contributed by atoms with Gasteiger partial charge in [-0.15, -0.1) is 0 Å². The van der Waals surface area contributed by atoms with Crippen molar-refractivity contribution in [2.75, 3.05) is 26.7 Å². The van der Waals surface area contributed by atoms with E-state index in [0.29, 0.717) is 12.0 Å². The number of piperidine rings is 1. The van der Waals surface area contributed by atoms with Gasteiger partial charge in [-0.25, -0.2) is 0 Å². The molecular weight excluding hydrogens is 256 g/mol. The zero-order chi connectivity index (χ0) is 14.7. The van der Waals surface area contributed by atoms with Crippen LogP contribution in [0.15, 0.2) is 24.3 Å². The van der Waals surface area contributed by atoms with E-state index in [0.717, 1.165) is 5.92 Å². The molecule has 2 aliphatic rings. The van der Waals surface area contributed by atoms with Gasteiger partial charge in [-0.2, -0.15) is 0 Å². The first-order valence-corrected chi connectivity index (χ1v) is 8.69. The average molecular weight is 286 g/mol. The number of likely N-dealkylation sites (N-methyl/N-ethyl adjacent to an activating group) is 1. The molecule has 1 aliphatic carbocycles. The van der Waals surface area contributed by atoms with Crippen molar-refractivity contribution in [1.82, 2.24) is 10.2 Å². The minimum Gasteiger partial charge on any atom is -0.312 e. The Labute approximate surface area is 129 Å². The van der Waals surface area contributed by atoms with Gasteiger partial charge in [0.05, 0.1) is 0 Å². The molecule has 3 rings (SSSR count). The zero-order valence-electron chi connectivity index (χ0n) is 13.6. The molecule has 1 aromatic carbocycles. The van der Waals surface area contributed by atoms with Gasteiger partial charge in [-0.05, 0) is 57.2 Å². The Hall–Kier alpha value is -0.860. The third-order valence-corrected chi connectivity index (χ3v) is 5.35. The minimum absolute atomic E-state index is 0.663. The Bertz CT molecular complexity index is 433. The molecule has 1 heterocycles. The lowest BCUT2D eigenvalue weighted by molar-refractivity contribution is 0.200. The van der Waals surface area contributed by atoms with Gasteiger partial charge in [-0.3, -0.25) is 0 Å². The lowest BCUT2D eigenvalue weighted by Gasteiger charge is -2.37. The number of nitrogens with zero attached hydrogens (tertiary/aromatic N) is 1. The maximum atomic E-state index is 3.86. The van der Waals surface area contributed by atoms with E-state index in [1.54, 1.807) is 0 Å². The van der Waals surface area contributed by atoms with Gasteiger partial charge < -0.3 is 10.2 Å². The smallest absolute Gasteiger partial charge is 0.0201 e. The molecule has 2 atom stereocenters. The zero-order valence-corrected chi connectivity index (χ0v) is 13.6. The highest BCUT2D eigenvalue weighted by Gasteiger charge is 2.27. The highest BCUT2D eigenvalue weighted by Crippen LogP contribution is 2.28. The fraction of sp³-hybridized carbons (Fsp3) is 0.684. The number of benzene rings is 1. The monoisotopic (exact) mass is 286 g/mol. The van der Waals surface area contributed by atoms with Crippen LogP contribution in [0.25, 0.3) is 0 Å². The van der Waals surface area contributed by atoms with Crippen molar-refractivity contribution < 1.29 is 0 Å². The van der Waals surface area contributed by atoms with E-state index >= 15 is 0 Å². The third kappa shape index (κ3) is 4.08. The highest BCUT2D eigenvalue weighted by atomic mass is 15.1. The standard InChI is InChI=1S/C19H30N2/c1-15-7-9-17(10-8-15)18-11-19(14-21(2)13-18)20-12-16-5-3-4-6-16/h7-10,16,18-20H,3-6,11-14H2,1-2H3. The van der Waals surface area contributed by atoms with Crippen LogP contribution >= 0.6 is 0 Å². The fourth-order valence-corrected chi connectivity index (χ4v) is 4.10. The lowest BCUT2D eigenvalue weighted by atomic mass is 9.87. The predicted molar refractivity (Wildman–Crippen MR) is 89.8 cm³/mol. The summed E-state index contributed by atoms with van der Waals surface area (Å²) in [7, 11) is 2.27. The van der Waals surface area contributed by atoms with Crippen LogP contribution in [0.4, 0.5) is 0 Å². The minimum atomic E-state index is 0.663. The van der Waals surface area contributed by atoms with Crippen molar-refractivity contribution in [3.05, 3.63) is 35.4 Å². The van der Waals surface area contributed by atoms with Gasteiger partial charge in [0.2, 0.25) is 0 Å². The Morgan fingerprint density at radius 3 is 2.52 bits per heavy atom. The van der Waals surface area contributed by atoms with Crippen molar-refractivity contribution in [2.45, 2.75) is 51.0 Å². The Kier molecular flexibility index (Phi) is 4.97. The van der Waals surface area contributed by atoms with Crippen LogP contribution in [0.2, 0.25) is 0 Å². The van der Waals surface area contributed by atoms with Crippen LogP contribution in [0.3, 0.4) is 0 Å². The van der Waals surface area contributed by atoms with Crippen LogP contribution < -0.4 is 5.32 Å². The second kappa shape index (κ2) is 6.93. The van der Waals surface area contributed by atoms with E-state index in [9.17, 15) is 0 Å². The summed E-state index contributed by atoms with van der Waals surface area (Å²) in [6.45, 7) is 5.81. The number of hydrogen-bond donors (Lipinski definition) is 1. The molecule has 0 spiro atoms. The lowest BCUT2D eigenvalue weighted by Crippen LogP contribution is -2.47. The molecule has 1 saturated heterocycles. The number of hydrogen-bond acceptors (Lipinski definition) is 2. The van der Waals surface area contributed by atoms with Crippen molar-refractivity contribution in [3.63, 3.8) is 0 Å². The van der Waals surface area contributed by atoms with E-state index in [1.165, 1.54) is 62.9 Å². The van der Waals surface area contributed by atoms with Gasteiger partial charge in [0.1, 0.15) is 0 Å². The fourth-order valence-electron chi connectivity index (χ4n) is 4.10. The average Bonchev–Trinajstić information content (AvgIpc) is 2.99. The molecule has 21 heavy (non-hydrogen) atoms. The van der Waals surface area contributed by atoms with Gasteiger partial charge in [0.15, 0.2) is 0 Å². The topological polar surface area (TPSA) is 15.3 Å². The quantitative estimate of drug-likeness (QED) is 0.910. The van der Waals surface area contributed by atoms with E-state index in [-0.39, 0.29) is 0 Å². The molecule has 0 bridgehead atoms.